The molecule has 1 aliphatic heterocycles. The smallest absolute Gasteiger partial charge is 0.109 e. The minimum atomic E-state index is -0.187. The van der Waals surface area contributed by atoms with Gasteiger partial charge in [-0.3, -0.25) is 0 Å². The van der Waals surface area contributed by atoms with Crippen LogP contribution < -0.4 is 0 Å². The minimum absolute atomic E-state index is 0.187. The second kappa shape index (κ2) is 4.33. The number of likely N-dealkylation sites (N-methyl/N-ethyl adjacent to an activating group) is 1. The highest BCUT2D eigenvalue weighted by Crippen LogP contribution is 2.15. The third kappa shape index (κ3) is 2.58. The summed E-state index contributed by atoms with van der Waals surface area (Å²) < 4.78 is 2.10. The monoisotopic (exact) mass is 209 g/mol. The molecule has 84 valence electrons. The van der Waals surface area contributed by atoms with Crippen molar-refractivity contribution in [3.8, 4) is 0 Å². The average molecular weight is 209 g/mol. The lowest BCUT2D eigenvalue weighted by Crippen LogP contribution is -2.23. The van der Waals surface area contributed by atoms with Gasteiger partial charge in [0.15, 0.2) is 0 Å². The molecule has 1 unspecified atom stereocenters. The van der Waals surface area contributed by atoms with Crippen molar-refractivity contribution < 1.29 is 5.11 Å². The molecule has 4 nitrogen and oxygen atoms in total. The van der Waals surface area contributed by atoms with Crippen molar-refractivity contribution in [2.75, 3.05) is 20.6 Å². The number of fused-ring (bicyclic) bond motifs is 1. The molecule has 0 radical (unpaired) electrons. The quantitative estimate of drug-likeness (QED) is 0.778. The molecule has 2 rings (SSSR count). The number of aliphatic hydroxyl groups excluding tert-OH is 1. The maximum Gasteiger partial charge on any atom is 0.109 e. The van der Waals surface area contributed by atoms with Gasteiger partial charge in [0.25, 0.3) is 0 Å². The predicted molar refractivity (Wildman–Crippen MR) is 58.8 cm³/mol. The number of aliphatic hydroxyl groups is 1. The van der Waals surface area contributed by atoms with Crippen molar-refractivity contribution in [2.24, 2.45) is 0 Å². The van der Waals surface area contributed by atoms with Gasteiger partial charge < -0.3 is 14.6 Å². The van der Waals surface area contributed by atoms with Gasteiger partial charge in [-0.05, 0) is 20.5 Å². The first-order valence-electron chi connectivity index (χ1n) is 5.53. The second-order valence-corrected chi connectivity index (χ2v) is 4.55. The Labute approximate surface area is 90.5 Å². The molecular weight excluding hydrogens is 190 g/mol. The summed E-state index contributed by atoms with van der Waals surface area (Å²) in [6, 6.07) is 0. The summed E-state index contributed by atoms with van der Waals surface area (Å²) in [7, 11) is 4.14. The zero-order valence-corrected chi connectivity index (χ0v) is 9.48. The van der Waals surface area contributed by atoms with Crippen molar-refractivity contribution in [3.05, 3.63) is 17.7 Å². The Morgan fingerprint density at radius 1 is 1.60 bits per heavy atom. The van der Waals surface area contributed by atoms with Crippen LogP contribution in [0.1, 0.15) is 17.9 Å². The van der Waals surface area contributed by atoms with Gasteiger partial charge in [-0.1, -0.05) is 0 Å². The fourth-order valence-corrected chi connectivity index (χ4v) is 1.94. The molecular formula is C11H19N3O. The standard InChI is InChI=1S/C11H19N3O/c1-13(2)6-5-9-7-14-8-10(15)3-4-11(14)12-9/h7,10,15H,3-6,8H2,1-2H3. The van der Waals surface area contributed by atoms with Gasteiger partial charge in [0.05, 0.1) is 11.8 Å². The Hall–Kier alpha value is -0.870. The van der Waals surface area contributed by atoms with Gasteiger partial charge in [0.1, 0.15) is 5.82 Å². The van der Waals surface area contributed by atoms with Crippen LogP contribution >= 0.6 is 0 Å². The van der Waals surface area contributed by atoms with E-state index in [1.807, 2.05) is 0 Å². The third-order valence-electron chi connectivity index (χ3n) is 2.83. The van der Waals surface area contributed by atoms with Crippen LogP contribution in [0.2, 0.25) is 0 Å². The van der Waals surface area contributed by atoms with E-state index in [1.165, 1.54) is 0 Å². The number of nitrogens with zero attached hydrogens (tertiary/aromatic N) is 3. The number of hydrogen-bond acceptors (Lipinski definition) is 3. The summed E-state index contributed by atoms with van der Waals surface area (Å²) in [6.45, 7) is 1.74. The first kappa shape index (κ1) is 10.6. The van der Waals surface area contributed by atoms with Gasteiger partial charge >= 0.3 is 0 Å². The summed E-state index contributed by atoms with van der Waals surface area (Å²) in [5.41, 5.74) is 1.15. The summed E-state index contributed by atoms with van der Waals surface area (Å²) in [4.78, 5) is 6.74. The van der Waals surface area contributed by atoms with Gasteiger partial charge in [0.2, 0.25) is 0 Å². The zero-order chi connectivity index (χ0) is 10.8. The molecule has 15 heavy (non-hydrogen) atoms. The maximum absolute atomic E-state index is 9.53. The molecule has 0 spiro atoms. The van der Waals surface area contributed by atoms with Crippen molar-refractivity contribution in [3.63, 3.8) is 0 Å². The van der Waals surface area contributed by atoms with Crippen LogP contribution in [0.4, 0.5) is 0 Å². The number of hydrogen-bond donors (Lipinski definition) is 1. The molecule has 0 aromatic carbocycles. The zero-order valence-electron chi connectivity index (χ0n) is 9.48. The summed E-state index contributed by atoms with van der Waals surface area (Å²) in [5, 5.41) is 9.53. The molecule has 0 saturated carbocycles. The second-order valence-electron chi connectivity index (χ2n) is 4.55. The maximum atomic E-state index is 9.53. The van der Waals surface area contributed by atoms with Crippen molar-refractivity contribution in [1.29, 1.82) is 0 Å². The largest absolute Gasteiger partial charge is 0.391 e. The van der Waals surface area contributed by atoms with Gasteiger partial charge in [0, 0.05) is 32.1 Å². The highest BCUT2D eigenvalue weighted by Gasteiger charge is 2.17. The Balaban J connectivity index is 2.03. The van der Waals surface area contributed by atoms with E-state index in [0.29, 0.717) is 6.54 Å². The van der Waals surface area contributed by atoms with Crippen LogP contribution in [0.15, 0.2) is 6.20 Å². The molecule has 1 atom stereocenters. The summed E-state index contributed by atoms with van der Waals surface area (Å²) in [5.74, 6) is 1.13. The van der Waals surface area contributed by atoms with E-state index in [-0.39, 0.29) is 6.10 Å². The molecule has 4 heteroatoms. The van der Waals surface area contributed by atoms with Crippen molar-refractivity contribution in [1.82, 2.24) is 14.5 Å². The van der Waals surface area contributed by atoms with Crippen molar-refractivity contribution >= 4 is 0 Å². The third-order valence-corrected chi connectivity index (χ3v) is 2.83. The lowest BCUT2D eigenvalue weighted by Gasteiger charge is -2.18. The SMILES string of the molecule is CN(C)CCc1cn2c(n1)CCC(O)C2. The number of rotatable bonds is 3. The molecule has 0 aliphatic carbocycles. The molecule has 1 aromatic rings. The van der Waals surface area contributed by atoms with Crippen LogP contribution in [-0.4, -0.2) is 46.3 Å². The number of aromatic nitrogens is 2. The van der Waals surface area contributed by atoms with E-state index in [9.17, 15) is 5.11 Å². The van der Waals surface area contributed by atoms with Gasteiger partial charge in [-0.15, -0.1) is 0 Å². The Morgan fingerprint density at radius 3 is 3.13 bits per heavy atom. The molecule has 0 bridgehead atoms. The fourth-order valence-electron chi connectivity index (χ4n) is 1.94. The van der Waals surface area contributed by atoms with E-state index in [4.69, 9.17) is 0 Å². The lowest BCUT2D eigenvalue weighted by atomic mass is 10.1. The highest BCUT2D eigenvalue weighted by atomic mass is 16.3. The van der Waals surface area contributed by atoms with E-state index in [2.05, 4.69) is 34.7 Å². The highest BCUT2D eigenvalue weighted by molar-refractivity contribution is 5.07. The molecule has 2 heterocycles. The van der Waals surface area contributed by atoms with E-state index < -0.39 is 0 Å². The fraction of sp³-hybridized carbons (Fsp3) is 0.727. The van der Waals surface area contributed by atoms with Crippen LogP contribution in [0, 0.1) is 0 Å². The Bertz CT molecular complexity index is 333. The van der Waals surface area contributed by atoms with E-state index in [1.54, 1.807) is 0 Å². The Morgan fingerprint density at radius 2 is 2.40 bits per heavy atom. The first-order valence-corrected chi connectivity index (χ1v) is 5.53. The van der Waals surface area contributed by atoms with Crippen LogP contribution in [0.3, 0.4) is 0 Å². The summed E-state index contributed by atoms with van der Waals surface area (Å²) >= 11 is 0. The van der Waals surface area contributed by atoms with Crippen LogP contribution in [-0.2, 0) is 19.4 Å². The first-order chi connectivity index (χ1) is 7.15. The molecule has 0 amide bonds. The normalized spacial score (nSPS) is 20.7. The Kier molecular flexibility index (Phi) is 3.07. The number of aryl methyl sites for hydroxylation is 1. The molecule has 1 aromatic heterocycles. The lowest BCUT2D eigenvalue weighted by molar-refractivity contribution is 0.130. The minimum Gasteiger partial charge on any atom is -0.391 e. The molecule has 1 N–H and O–H groups in total. The summed E-state index contributed by atoms with van der Waals surface area (Å²) in [6.07, 6.45) is 4.64. The average Bonchev–Trinajstić information content (AvgIpc) is 2.56. The van der Waals surface area contributed by atoms with E-state index >= 15 is 0 Å². The van der Waals surface area contributed by atoms with Crippen LogP contribution in [0.25, 0.3) is 0 Å². The predicted octanol–water partition coefficient (Wildman–Crippen LogP) is 0.294. The van der Waals surface area contributed by atoms with Gasteiger partial charge in [-0.25, -0.2) is 4.98 Å². The molecule has 0 saturated heterocycles. The van der Waals surface area contributed by atoms with Crippen LogP contribution in [0.5, 0.6) is 0 Å². The topological polar surface area (TPSA) is 41.3 Å². The molecule has 1 aliphatic rings. The van der Waals surface area contributed by atoms with E-state index in [0.717, 1.165) is 37.3 Å². The molecule has 0 fully saturated rings. The van der Waals surface area contributed by atoms with Crippen molar-refractivity contribution in [2.45, 2.75) is 31.9 Å². The van der Waals surface area contributed by atoms with Gasteiger partial charge in [-0.2, -0.15) is 0 Å². The number of imidazole rings is 1.